The predicted molar refractivity (Wildman–Crippen MR) is 79.9 cm³/mol. The first-order valence-electron chi connectivity index (χ1n) is 6.82. The smallest absolute Gasteiger partial charge is 0.243 e. The van der Waals surface area contributed by atoms with Crippen molar-refractivity contribution in [2.45, 2.75) is 30.8 Å². The number of aryl methyl sites for hydroxylation is 1. The van der Waals surface area contributed by atoms with Crippen molar-refractivity contribution in [1.82, 2.24) is 9.21 Å². The van der Waals surface area contributed by atoms with Gasteiger partial charge in [-0.15, -0.1) is 0 Å². The molecule has 0 radical (unpaired) electrons. The van der Waals surface area contributed by atoms with Gasteiger partial charge >= 0.3 is 0 Å². The fourth-order valence-corrected chi connectivity index (χ4v) is 4.14. The molecule has 0 amide bonds. The summed E-state index contributed by atoms with van der Waals surface area (Å²) in [5, 5.41) is 0. The minimum absolute atomic E-state index is 0.300. The predicted octanol–water partition coefficient (Wildman–Crippen LogP) is 0.778. The van der Waals surface area contributed by atoms with Gasteiger partial charge in [0.25, 0.3) is 0 Å². The number of rotatable bonds is 4. The zero-order chi connectivity index (χ0) is 14.9. The van der Waals surface area contributed by atoms with Crippen molar-refractivity contribution in [2.75, 3.05) is 27.2 Å². The molecule has 6 heteroatoms. The molecule has 20 heavy (non-hydrogen) atoms. The molecule has 1 unspecified atom stereocenters. The number of sulfonamides is 1. The van der Waals surface area contributed by atoms with Crippen LogP contribution < -0.4 is 5.73 Å². The fraction of sp³-hybridized carbons (Fsp3) is 0.571. The highest BCUT2D eigenvalue weighted by Crippen LogP contribution is 2.24. The average Bonchev–Trinajstić information content (AvgIpc) is 2.89. The van der Waals surface area contributed by atoms with E-state index in [0.29, 0.717) is 30.6 Å². The van der Waals surface area contributed by atoms with Crippen LogP contribution in [-0.2, 0) is 16.6 Å². The van der Waals surface area contributed by atoms with Gasteiger partial charge < -0.3 is 10.6 Å². The molecule has 2 N–H and O–H groups in total. The highest BCUT2D eigenvalue weighted by atomic mass is 32.2. The van der Waals surface area contributed by atoms with Gasteiger partial charge in [-0.25, -0.2) is 8.42 Å². The van der Waals surface area contributed by atoms with Crippen molar-refractivity contribution in [3.8, 4) is 0 Å². The number of nitrogens with zero attached hydrogens (tertiary/aromatic N) is 2. The van der Waals surface area contributed by atoms with E-state index in [1.165, 1.54) is 0 Å². The quantitative estimate of drug-likeness (QED) is 0.892. The Labute approximate surface area is 121 Å². The van der Waals surface area contributed by atoms with E-state index in [9.17, 15) is 8.42 Å². The van der Waals surface area contributed by atoms with Gasteiger partial charge in [-0.1, -0.05) is 6.07 Å². The molecular formula is C14H23N3O2S. The first-order chi connectivity index (χ1) is 9.36. The molecule has 1 aliphatic rings. The van der Waals surface area contributed by atoms with E-state index >= 15 is 0 Å². The highest BCUT2D eigenvalue weighted by molar-refractivity contribution is 7.89. The molecule has 0 bridgehead atoms. The van der Waals surface area contributed by atoms with Crippen molar-refractivity contribution < 1.29 is 8.42 Å². The standard InChI is InChI=1S/C14H23N3O2S/c1-11-8-14(5-4-12(11)9-15)20(18,19)17-7-6-13(10-17)16(2)3/h4-5,8,13H,6-7,9-10,15H2,1-3H3. The summed E-state index contributed by atoms with van der Waals surface area (Å²) >= 11 is 0. The number of hydrogen-bond donors (Lipinski definition) is 1. The molecule has 1 saturated heterocycles. The summed E-state index contributed by atoms with van der Waals surface area (Å²) in [6, 6.07) is 5.49. The number of hydrogen-bond acceptors (Lipinski definition) is 4. The van der Waals surface area contributed by atoms with E-state index in [1.54, 1.807) is 16.4 Å². The third kappa shape index (κ3) is 2.88. The third-order valence-electron chi connectivity index (χ3n) is 4.03. The summed E-state index contributed by atoms with van der Waals surface area (Å²) in [4.78, 5) is 2.45. The minimum atomic E-state index is -3.39. The van der Waals surface area contributed by atoms with Crippen LogP contribution in [0.5, 0.6) is 0 Å². The molecule has 0 saturated carbocycles. The van der Waals surface area contributed by atoms with Crippen LogP contribution in [0.25, 0.3) is 0 Å². The number of nitrogens with two attached hydrogens (primary N) is 1. The Morgan fingerprint density at radius 1 is 1.40 bits per heavy atom. The summed E-state index contributed by atoms with van der Waals surface area (Å²) < 4.78 is 26.8. The van der Waals surface area contributed by atoms with Gasteiger partial charge in [0, 0.05) is 25.7 Å². The molecular weight excluding hydrogens is 274 g/mol. The number of likely N-dealkylation sites (N-methyl/N-ethyl adjacent to an activating group) is 1. The van der Waals surface area contributed by atoms with Crippen LogP contribution in [0.15, 0.2) is 23.1 Å². The first-order valence-corrected chi connectivity index (χ1v) is 8.26. The Bertz CT molecular complexity index is 584. The van der Waals surface area contributed by atoms with Gasteiger partial charge in [-0.3, -0.25) is 0 Å². The summed E-state index contributed by atoms with van der Waals surface area (Å²) in [5.74, 6) is 0. The molecule has 1 aromatic rings. The van der Waals surface area contributed by atoms with Crippen molar-refractivity contribution in [2.24, 2.45) is 5.73 Å². The molecule has 1 aliphatic heterocycles. The largest absolute Gasteiger partial charge is 0.326 e. The monoisotopic (exact) mass is 297 g/mol. The van der Waals surface area contributed by atoms with Crippen molar-refractivity contribution in [3.05, 3.63) is 29.3 Å². The lowest BCUT2D eigenvalue weighted by molar-refractivity contribution is 0.302. The maximum atomic E-state index is 12.6. The van der Waals surface area contributed by atoms with Crippen LogP contribution in [-0.4, -0.2) is 50.8 Å². The minimum Gasteiger partial charge on any atom is -0.326 e. The Kier molecular flexibility index (Phi) is 4.49. The molecule has 0 spiro atoms. The molecule has 2 rings (SSSR count). The second-order valence-electron chi connectivity index (χ2n) is 5.56. The van der Waals surface area contributed by atoms with E-state index in [4.69, 9.17) is 5.73 Å². The van der Waals surface area contributed by atoms with Gasteiger partial charge in [-0.05, 0) is 50.7 Å². The summed E-state index contributed by atoms with van der Waals surface area (Å²) in [7, 11) is 0.587. The van der Waals surface area contributed by atoms with E-state index < -0.39 is 10.0 Å². The molecule has 5 nitrogen and oxygen atoms in total. The van der Waals surface area contributed by atoms with Crippen LogP contribution in [0.1, 0.15) is 17.5 Å². The van der Waals surface area contributed by atoms with Crippen LogP contribution >= 0.6 is 0 Å². The molecule has 0 aliphatic carbocycles. The zero-order valence-electron chi connectivity index (χ0n) is 12.3. The molecule has 1 atom stereocenters. The maximum Gasteiger partial charge on any atom is 0.243 e. The van der Waals surface area contributed by atoms with E-state index in [1.807, 2.05) is 27.1 Å². The lowest BCUT2D eigenvalue weighted by Crippen LogP contribution is -2.34. The lowest BCUT2D eigenvalue weighted by atomic mass is 10.1. The van der Waals surface area contributed by atoms with Crippen LogP contribution in [0.4, 0.5) is 0 Å². The van der Waals surface area contributed by atoms with Gasteiger partial charge in [0.15, 0.2) is 0 Å². The molecule has 1 fully saturated rings. The molecule has 1 heterocycles. The highest BCUT2D eigenvalue weighted by Gasteiger charge is 2.33. The van der Waals surface area contributed by atoms with Gasteiger partial charge in [-0.2, -0.15) is 4.31 Å². The summed E-state index contributed by atoms with van der Waals surface area (Å²) in [6.45, 7) is 3.47. The second kappa shape index (κ2) is 5.81. The number of benzene rings is 1. The zero-order valence-corrected chi connectivity index (χ0v) is 13.2. The molecule has 0 aromatic heterocycles. The van der Waals surface area contributed by atoms with Crippen molar-refractivity contribution >= 4 is 10.0 Å². The topological polar surface area (TPSA) is 66.6 Å². The Balaban J connectivity index is 2.25. The Hall–Kier alpha value is -0.950. The van der Waals surface area contributed by atoms with Crippen LogP contribution in [0.3, 0.4) is 0 Å². The van der Waals surface area contributed by atoms with E-state index in [0.717, 1.165) is 17.5 Å². The second-order valence-corrected chi connectivity index (χ2v) is 7.50. The first kappa shape index (κ1) is 15.4. The Morgan fingerprint density at radius 2 is 2.10 bits per heavy atom. The van der Waals surface area contributed by atoms with Gasteiger partial charge in [0.2, 0.25) is 10.0 Å². The molecule has 112 valence electrons. The summed E-state index contributed by atoms with van der Waals surface area (Å²) in [5.41, 5.74) is 7.53. The average molecular weight is 297 g/mol. The fourth-order valence-electron chi connectivity index (χ4n) is 2.56. The van der Waals surface area contributed by atoms with Gasteiger partial charge in [0.05, 0.1) is 4.90 Å². The summed E-state index contributed by atoms with van der Waals surface area (Å²) in [6.07, 6.45) is 0.881. The lowest BCUT2D eigenvalue weighted by Gasteiger charge is -2.20. The Morgan fingerprint density at radius 3 is 2.60 bits per heavy atom. The maximum absolute atomic E-state index is 12.6. The van der Waals surface area contributed by atoms with Gasteiger partial charge in [0.1, 0.15) is 0 Å². The van der Waals surface area contributed by atoms with Crippen LogP contribution in [0, 0.1) is 6.92 Å². The molecule has 1 aromatic carbocycles. The van der Waals surface area contributed by atoms with Crippen LogP contribution in [0.2, 0.25) is 0 Å². The third-order valence-corrected chi connectivity index (χ3v) is 5.89. The normalized spacial score (nSPS) is 20.8. The van der Waals surface area contributed by atoms with Crippen molar-refractivity contribution in [1.29, 1.82) is 0 Å². The SMILES string of the molecule is Cc1cc(S(=O)(=O)N2CCC(N(C)C)C2)ccc1CN. The van der Waals surface area contributed by atoms with E-state index in [2.05, 4.69) is 4.90 Å². The van der Waals surface area contributed by atoms with Crippen molar-refractivity contribution in [3.63, 3.8) is 0 Å². The van der Waals surface area contributed by atoms with E-state index in [-0.39, 0.29) is 0 Å².